The highest BCUT2D eigenvalue weighted by Gasteiger charge is 2.34. The number of fused-ring (bicyclic) bond motifs is 1. The zero-order chi connectivity index (χ0) is 15.1. The van der Waals surface area contributed by atoms with E-state index in [-0.39, 0.29) is 0 Å². The summed E-state index contributed by atoms with van der Waals surface area (Å²) in [6.07, 6.45) is 2.19. The van der Waals surface area contributed by atoms with Gasteiger partial charge in [-0.1, -0.05) is 18.2 Å². The van der Waals surface area contributed by atoms with E-state index in [0.717, 1.165) is 42.5 Å². The molecule has 0 aliphatic carbocycles. The van der Waals surface area contributed by atoms with E-state index in [9.17, 15) is 5.11 Å². The Morgan fingerprint density at radius 3 is 2.91 bits per heavy atom. The van der Waals surface area contributed by atoms with Gasteiger partial charge < -0.3 is 20.3 Å². The number of aromatic amines is 1. The van der Waals surface area contributed by atoms with Crippen molar-refractivity contribution in [1.82, 2.24) is 15.2 Å². The number of nitrogens with one attached hydrogen (secondary N) is 3. The number of benzene rings is 1. The fraction of sp³-hybridized carbons (Fsp3) is 0.353. The van der Waals surface area contributed by atoms with Gasteiger partial charge in [-0.2, -0.15) is 0 Å². The summed E-state index contributed by atoms with van der Waals surface area (Å²) >= 11 is 0. The minimum Gasteiger partial charge on any atom is -0.510 e. The molecule has 2 aromatic rings. The van der Waals surface area contributed by atoms with Crippen molar-refractivity contribution in [1.29, 1.82) is 5.41 Å². The lowest BCUT2D eigenvalue weighted by Crippen LogP contribution is -2.47. The summed E-state index contributed by atoms with van der Waals surface area (Å²) < 4.78 is 0. The molecule has 0 saturated carbocycles. The van der Waals surface area contributed by atoms with Gasteiger partial charge in [0.05, 0.1) is 17.8 Å². The van der Waals surface area contributed by atoms with Crippen molar-refractivity contribution in [2.75, 3.05) is 19.6 Å². The Morgan fingerprint density at radius 2 is 2.14 bits per heavy atom. The molecule has 2 aliphatic rings. The third-order valence-corrected chi connectivity index (χ3v) is 4.64. The number of aliphatic hydroxyl groups is 1. The van der Waals surface area contributed by atoms with Gasteiger partial charge in [-0.05, 0) is 31.5 Å². The highest BCUT2D eigenvalue weighted by Crippen LogP contribution is 2.31. The maximum atomic E-state index is 10.4. The topological polar surface area (TPSA) is 75.1 Å². The van der Waals surface area contributed by atoms with Gasteiger partial charge in [0.25, 0.3) is 0 Å². The van der Waals surface area contributed by atoms with Crippen molar-refractivity contribution < 1.29 is 5.11 Å². The summed E-state index contributed by atoms with van der Waals surface area (Å²) in [5.41, 5.74) is 2.50. The molecule has 114 valence electrons. The van der Waals surface area contributed by atoms with E-state index in [1.54, 1.807) is 0 Å². The molecule has 1 aromatic heterocycles. The summed E-state index contributed by atoms with van der Waals surface area (Å²) in [6, 6.07) is 10.3. The molecule has 1 atom stereocenters. The Morgan fingerprint density at radius 1 is 1.27 bits per heavy atom. The summed E-state index contributed by atoms with van der Waals surface area (Å²) in [6.45, 7) is 2.37. The van der Waals surface area contributed by atoms with Crippen LogP contribution in [0.4, 0.5) is 0 Å². The van der Waals surface area contributed by atoms with E-state index in [2.05, 4.69) is 10.3 Å². The maximum Gasteiger partial charge on any atom is 0.134 e. The molecule has 22 heavy (non-hydrogen) atoms. The van der Waals surface area contributed by atoms with Crippen LogP contribution < -0.4 is 5.32 Å². The lowest BCUT2D eigenvalue weighted by atomic mass is 10.1. The smallest absolute Gasteiger partial charge is 0.134 e. The number of aromatic nitrogens is 1. The molecule has 2 aliphatic heterocycles. The van der Waals surface area contributed by atoms with Crippen molar-refractivity contribution >= 4 is 22.3 Å². The predicted molar refractivity (Wildman–Crippen MR) is 88.2 cm³/mol. The molecular formula is C17H20N4O. The van der Waals surface area contributed by atoms with Gasteiger partial charge in [-0.3, -0.25) is 5.41 Å². The average molecular weight is 296 g/mol. The van der Waals surface area contributed by atoms with Gasteiger partial charge in [-0.15, -0.1) is 0 Å². The zero-order valence-electron chi connectivity index (χ0n) is 12.4. The van der Waals surface area contributed by atoms with Crippen LogP contribution in [0, 0.1) is 5.41 Å². The number of rotatable bonds is 2. The Hall–Kier alpha value is -2.27. The van der Waals surface area contributed by atoms with Gasteiger partial charge in [0.15, 0.2) is 0 Å². The first-order chi connectivity index (χ1) is 10.7. The van der Waals surface area contributed by atoms with Crippen molar-refractivity contribution in [3.05, 3.63) is 41.8 Å². The summed E-state index contributed by atoms with van der Waals surface area (Å²) in [4.78, 5) is 5.34. The van der Waals surface area contributed by atoms with Crippen LogP contribution in [-0.4, -0.2) is 46.5 Å². The molecule has 3 heterocycles. The molecule has 5 heteroatoms. The molecule has 5 nitrogen and oxygen atoms in total. The molecule has 4 N–H and O–H groups in total. The van der Waals surface area contributed by atoms with Crippen molar-refractivity contribution in [3.8, 4) is 0 Å². The molecule has 1 aromatic carbocycles. The van der Waals surface area contributed by atoms with Crippen LogP contribution in [0.5, 0.6) is 0 Å². The second-order valence-corrected chi connectivity index (χ2v) is 6.07. The maximum absolute atomic E-state index is 10.4. The van der Waals surface area contributed by atoms with Gasteiger partial charge >= 0.3 is 0 Å². The minimum atomic E-state index is 0.294. The fourth-order valence-electron chi connectivity index (χ4n) is 3.50. The van der Waals surface area contributed by atoms with Gasteiger partial charge in [0.2, 0.25) is 0 Å². The van der Waals surface area contributed by atoms with Crippen LogP contribution in [-0.2, 0) is 0 Å². The van der Waals surface area contributed by atoms with Gasteiger partial charge in [0.1, 0.15) is 11.6 Å². The second-order valence-electron chi connectivity index (χ2n) is 6.07. The van der Waals surface area contributed by atoms with Crippen LogP contribution in [0.25, 0.3) is 16.5 Å². The molecule has 0 amide bonds. The van der Waals surface area contributed by atoms with E-state index in [0.29, 0.717) is 29.8 Å². The van der Waals surface area contributed by atoms with Crippen LogP contribution in [0.3, 0.4) is 0 Å². The van der Waals surface area contributed by atoms with Crippen LogP contribution in [0.15, 0.2) is 36.1 Å². The van der Waals surface area contributed by atoms with E-state index in [1.165, 1.54) is 0 Å². The summed E-state index contributed by atoms with van der Waals surface area (Å²) in [5.74, 6) is 0.722. The number of para-hydroxylation sites is 1. The first kappa shape index (κ1) is 13.4. The Balaban J connectivity index is 1.66. The lowest BCUT2D eigenvalue weighted by molar-refractivity contribution is 0.252. The molecule has 1 saturated heterocycles. The quantitative estimate of drug-likeness (QED) is 0.688. The third-order valence-electron chi connectivity index (χ3n) is 4.64. The molecule has 4 rings (SSSR count). The zero-order valence-corrected chi connectivity index (χ0v) is 12.4. The molecule has 0 bridgehead atoms. The number of hydrogen-bond donors (Lipinski definition) is 4. The van der Waals surface area contributed by atoms with E-state index >= 15 is 0 Å². The summed E-state index contributed by atoms with van der Waals surface area (Å²) in [7, 11) is 0. The number of amidine groups is 1. The van der Waals surface area contributed by atoms with E-state index in [4.69, 9.17) is 5.41 Å². The molecule has 1 fully saturated rings. The number of hydrogen-bond acceptors (Lipinski definition) is 3. The Kier molecular flexibility index (Phi) is 3.15. The van der Waals surface area contributed by atoms with E-state index in [1.807, 2.05) is 35.2 Å². The fourth-order valence-corrected chi connectivity index (χ4v) is 3.50. The molecule has 0 spiro atoms. The molecule has 0 radical (unpaired) electrons. The normalized spacial score (nSPS) is 22.8. The number of piperidine rings is 1. The predicted octanol–water partition coefficient (Wildman–Crippen LogP) is 2.48. The van der Waals surface area contributed by atoms with Gasteiger partial charge in [-0.25, -0.2) is 0 Å². The van der Waals surface area contributed by atoms with Crippen molar-refractivity contribution in [2.45, 2.75) is 18.9 Å². The SMILES string of the molecule is N=C1C(c2cc3ccccc3[nH]2)=C(O)CN1C1CCCNC1. The molecular weight excluding hydrogens is 276 g/mol. The van der Waals surface area contributed by atoms with Crippen molar-refractivity contribution in [3.63, 3.8) is 0 Å². The average Bonchev–Trinajstić information content (AvgIpc) is 3.08. The number of H-pyrrole nitrogens is 1. The lowest BCUT2D eigenvalue weighted by Gasteiger charge is -2.33. The number of aliphatic hydroxyl groups excluding tert-OH is 1. The van der Waals surface area contributed by atoms with Crippen LogP contribution in [0.2, 0.25) is 0 Å². The number of nitrogens with zero attached hydrogens (tertiary/aromatic N) is 1. The van der Waals surface area contributed by atoms with Crippen molar-refractivity contribution in [2.24, 2.45) is 0 Å². The van der Waals surface area contributed by atoms with Crippen LogP contribution >= 0.6 is 0 Å². The first-order valence-electron chi connectivity index (χ1n) is 7.80. The van der Waals surface area contributed by atoms with Gasteiger partial charge in [0, 0.05) is 23.5 Å². The second kappa shape index (κ2) is 5.18. The third kappa shape index (κ3) is 2.09. The Labute approximate surface area is 129 Å². The standard InChI is InChI=1S/C17H20N4O/c18-17-16(14-8-11-4-1-2-6-13(11)20-14)15(22)10-21(17)12-5-3-7-19-9-12/h1-2,4,6,8,12,18-20,22H,3,5,7,9-10H2. The summed E-state index contributed by atoms with van der Waals surface area (Å²) in [5, 5.41) is 23.4. The minimum absolute atomic E-state index is 0.294. The largest absolute Gasteiger partial charge is 0.510 e. The Bertz CT molecular complexity index is 722. The first-order valence-corrected chi connectivity index (χ1v) is 7.80. The van der Waals surface area contributed by atoms with E-state index < -0.39 is 0 Å². The monoisotopic (exact) mass is 296 g/mol. The highest BCUT2D eigenvalue weighted by molar-refractivity contribution is 6.23. The molecule has 1 unspecified atom stereocenters. The highest BCUT2D eigenvalue weighted by atomic mass is 16.3. The van der Waals surface area contributed by atoms with Crippen LogP contribution in [0.1, 0.15) is 18.5 Å².